The molecule has 1 fully saturated rings. The quantitative estimate of drug-likeness (QED) is 0.922. The summed E-state index contributed by atoms with van der Waals surface area (Å²) in [5, 5.41) is 9.19. The average Bonchev–Trinajstić information content (AvgIpc) is 2.87. The minimum absolute atomic E-state index is 0.107. The van der Waals surface area contributed by atoms with Crippen molar-refractivity contribution >= 4 is 28.6 Å². The number of nitrogens with zero attached hydrogens (tertiary/aromatic N) is 2. The highest BCUT2D eigenvalue weighted by Gasteiger charge is 2.31. The topological polar surface area (TPSA) is 62.5 Å². The molecule has 3 rings (SSSR count). The van der Waals surface area contributed by atoms with Crippen LogP contribution in [0.4, 0.5) is 4.39 Å². The predicted octanol–water partition coefficient (Wildman–Crippen LogP) is 2.92. The molecule has 0 radical (unpaired) electrons. The van der Waals surface area contributed by atoms with Crippen LogP contribution in [0.1, 0.15) is 35.1 Å². The number of carboxylic acid groups (broad SMARTS) is 1. The minimum atomic E-state index is -1.30. The number of hydrogen-bond acceptors (Lipinski definition) is 4. The third-order valence-electron chi connectivity index (χ3n) is 4.60. The number of thioether (sulfide) groups is 1. The van der Waals surface area contributed by atoms with Gasteiger partial charge in [0.15, 0.2) is 0 Å². The fourth-order valence-electron chi connectivity index (χ4n) is 3.04. The summed E-state index contributed by atoms with van der Waals surface area (Å²) in [5.74, 6) is -0.853. The number of aromatic nitrogens is 1. The van der Waals surface area contributed by atoms with Gasteiger partial charge in [0.1, 0.15) is 11.4 Å². The molecule has 7 heteroatoms. The molecule has 1 saturated heterocycles. The molecule has 0 aliphatic carbocycles. The van der Waals surface area contributed by atoms with Crippen LogP contribution in [0.2, 0.25) is 0 Å². The lowest BCUT2D eigenvalue weighted by molar-refractivity contribution is 0.0695. The van der Waals surface area contributed by atoms with E-state index in [-0.39, 0.29) is 16.3 Å². The van der Waals surface area contributed by atoms with Crippen molar-refractivity contribution in [3.05, 3.63) is 45.5 Å². The Hall–Kier alpha value is -1.86. The van der Waals surface area contributed by atoms with Crippen molar-refractivity contribution in [2.75, 3.05) is 12.8 Å². The Kier molecular flexibility index (Phi) is 4.40. The lowest BCUT2D eigenvalue weighted by atomic mass is 10.1. The van der Waals surface area contributed by atoms with Gasteiger partial charge < -0.3 is 9.67 Å². The van der Waals surface area contributed by atoms with Crippen molar-refractivity contribution in [3.8, 4) is 0 Å². The first kappa shape index (κ1) is 17.0. The molecule has 2 aromatic rings. The molecule has 1 aliphatic heterocycles. The third-order valence-corrected chi connectivity index (χ3v) is 6.17. The van der Waals surface area contributed by atoms with Crippen molar-refractivity contribution < 1.29 is 14.3 Å². The van der Waals surface area contributed by atoms with Crippen LogP contribution in [0.5, 0.6) is 0 Å². The molecule has 0 saturated carbocycles. The van der Waals surface area contributed by atoms with E-state index in [1.54, 1.807) is 22.4 Å². The summed E-state index contributed by atoms with van der Waals surface area (Å²) in [7, 11) is 1.96. The first-order valence-corrected chi connectivity index (χ1v) is 8.83. The molecule has 5 nitrogen and oxygen atoms in total. The SMILES string of the molecule is CCn1cc(C(=O)O)c(=O)c2cc(F)c(C3SCC(C)N3C)cc21. The Morgan fingerprint density at radius 2 is 2.17 bits per heavy atom. The molecule has 1 aromatic carbocycles. The molecule has 0 amide bonds. The standard InChI is InChI=1S/C17H19FN2O3S/c1-4-20-7-12(17(22)23)15(21)11-5-13(18)10(6-14(11)20)16-19(3)9(2)8-24-16/h5-7,9,16H,4,8H2,1-3H3,(H,22,23). The zero-order valence-electron chi connectivity index (χ0n) is 13.7. The summed E-state index contributed by atoms with van der Waals surface area (Å²) in [5.41, 5.74) is 0.118. The van der Waals surface area contributed by atoms with Crippen molar-refractivity contribution in [2.24, 2.45) is 0 Å². The number of rotatable bonds is 3. The van der Waals surface area contributed by atoms with Crippen LogP contribution in [-0.2, 0) is 6.54 Å². The molecule has 1 aliphatic rings. The van der Waals surface area contributed by atoms with Gasteiger partial charge in [0.2, 0.25) is 5.43 Å². The summed E-state index contributed by atoms with van der Waals surface area (Å²) in [6.07, 6.45) is 1.34. The predicted molar refractivity (Wildman–Crippen MR) is 93.2 cm³/mol. The van der Waals surface area contributed by atoms with Gasteiger partial charge in [-0.05, 0) is 33.0 Å². The molecule has 2 atom stereocenters. The Morgan fingerprint density at radius 1 is 1.46 bits per heavy atom. The third kappa shape index (κ3) is 2.61. The van der Waals surface area contributed by atoms with Crippen molar-refractivity contribution in [1.82, 2.24) is 9.47 Å². The number of aromatic carboxylic acids is 1. The lowest BCUT2D eigenvalue weighted by Crippen LogP contribution is -2.26. The van der Waals surface area contributed by atoms with Crippen LogP contribution in [-0.4, -0.2) is 39.4 Å². The molecular weight excluding hydrogens is 331 g/mol. The summed E-state index contributed by atoms with van der Waals surface area (Å²) in [4.78, 5) is 25.7. The van der Waals surface area contributed by atoms with Crippen molar-refractivity contribution in [3.63, 3.8) is 0 Å². The summed E-state index contributed by atoms with van der Waals surface area (Å²) >= 11 is 1.66. The Labute approximate surface area is 143 Å². The lowest BCUT2D eigenvalue weighted by Gasteiger charge is -2.23. The van der Waals surface area contributed by atoms with E-state index in [1.165, 1.54) is 12.3 Å². The van der Waals surface area contributed by atoms with Gasteiger partial charge in [0.25, 0.3) is 0 Å². The highest BCUT2D eigenvalue weighted by molar-refractivity contribution is 7.99. The molecular formula is C17H19FN2O3S. The van der Waals surface area contributed by atoms with E-state index in [2.05, 4.69) is 11.8 Å². The maximum absolute atomic E-state index is 14.7. The second-order valence-corrected chi connectivity index (χ2v) is 7.17. The van der Waals surface area contributed by atoms with E-state index in [4.69, 9.17) is 0 Å². The Balaban J connectivity index is 2.26. The van der Waals surface area contributed by atoms with Gasteiger partial charge in [0.05, 0.1) is 10.9 Å². The number of pyridine rings is 1. The van der Waals surface area contributed by atoms with E-state index >= 15 is 0 Å². The van der Waals surface area contributed by atoms with Gasteiger partial charge in [-0.3, -0.25) is 9.69 Å². The van der Waals surface area contributed by atoms with Gasteiger partial charge in [0, 0.05) is 35.5 Å². The fourth-order valence-corrected chi connectivity index (χ4v) is 4.53. The number of fused-ring (bicyclic) bond motifs is 1. The molecule has 1 N–H and O–H groups in total. The fraction of sp³-hybridized carbons (Fsp3) is 0.412. The van der Waals surface area contributed by atoms with Crippen LogP contribution < -0.4 is 5.43 Å². The number of aryl methyl sites for hydroxylation is 1. The van der Waals surface area contributed by atoms with Crippen LogP contribution in [0.3, 0.4) is 0 Å². The molecule has 0 bridgehead atoms. The van der Waals surface area contributed by atoms with E-state index < -0.39 is 17.2 Å². The second-order valence-electron chi connectivity index (χ2n) is 6.05. The second kappa shape index (κ2) is 6.22. The highest BCUT2D eigenvalue weighted by Crippen LogP contribution is 2.41. The van der Waals surface area contributed by atoms with Gasteiger partial charge in [-0.15, -0.1) is 11.8 Å². The smallest absolute Gasteiger partial charge is 0.341 e. The minimum Gasteiger partial charge on any atom is -0.477 e. The maximum Gasteiger partial charge on any atom is 0.341 e. The van der Waals surface area contributed by atoms with E-state index in [1.807, 2.05) is 14.0 Å². The largest absolute Gasteiger partial charge is 0.477 e. The van der Waals surface area contributed by atoms with Crippen LogP contribution in [0.15, 0.2) is 23.1 Å². The number of benzene rings is 1. The monoisotopic (exact) mass is 350 g/mol. The van der Waals surface area contributed by atoms with Crippen LogP contribution in [0.25, 0.3) is 10.9 Å². The van der Waals surface area contributed by atoms with Crippen LogP contribution in [0, 0.1) is 5.82 Å². The molecule has 2 unspecified atom stereocenters. The number of carboxylic acids is 1. The van der Waals surface area contributed by atoms with Gasteiger partial charge in [-0.25, -0.2) is 9.18 Å². The Bertz CT molecular complexity index is 880. The van der Waals surface area contributed by atoms with E-state index in [9.17, 15) is 19.1 Å². The molecule has 2 heterocycles. The first-order chi connectivity index (χ1) is 11.3. The molecule has 1 aromatic heterocycles. The van der Waals surface area contributed by atoms with Crippen molar-refractivity contribution in [1.29, 1.82) is 0 Å². The Morgan fingerprint density at radius 3 is 2.71 bits per heavy atom. The zero-order valence-corrected chi connectivity index (χ0v) is 14.6. The molecule has 24 heavy (non-hydrogen) atoms. The summed E-state index contributed by atoms with van der Waals surface area (Å²) in [6, 6.07) is 3.22. The molecule has 0 spiro atoms. The van der Waals surface area contributed by atoms with Gasteiger partial charge in [-0.1, -0.05) is 0 Å². The van der Waals surface area contributed by atoms with E-state index in [0.29, 0.717) is 23.7 Å². The van der Waals surface area contributed by atoms with E-state index in [0.717, 1.165) is 5.75 Å². The zero-order chi connectivity index (χ0) is 17.6. The summed E-state index contributed by atoms with van der Waals surface area (Å²) < 4.78 is 16.4. The number of carbonyl (C=O) groups is 1. The molecule has 128 valence electrons. The number of hydrogen-bond donors (Lipinski definition) is 1. The van der Waals surface area contributed by atoms with Crippen molar-refractivity contribution in [2.45, 2.75) is 31.8 Å². The van der Waals surface area contributed by atoms with Gasteiger partial charge >= 0.3 is 5.97 Å². The highest BCUT2D eigenvalue weighted by atomic mass is 32.2. The summed E-state index contributed by atoms with van der Waals surface area (Å²) in [6.45, 7) is 4.44. The maximum atomic E-state index is 14.7. The first-order valence-electron chi connectivity index (χ1n) is 7.78. The van der Waals surface area contributed by atoms with Crippen LogP contribution >= 0.6 is 11.8 Å². The normalized spacial score (nSPS) is 21.5. The average molecular weight is 350 g/mol. The van der Waals surface area contributed by atoms with Gasteiger partial charge in [-0.2, -0.15) is 0 Å². The number of halogens is 1.